The van der Waals surface area contributed by atoms with Crippen LogP contribution in [0.25, 0.3) is 0 Å². The number of hydrogen-bond acceptors (Lipinski definition) is 6. The topological polar surface area (TPSA) is 77.4 Å². The molecule has 0 saturated heterocycles. The van der Waals surface area contributed by atoms with E-state index in [0.29, 0.717) is 24.3 Å². The molecule has 102 valence electrons. The van der Waals surface area contributed by atoms with Gasteiger partial charge in [0.1, 0.15) is 0 Å². The Balaban J connectivity index is 1.96. The van der Waals surface area contributed by atoms with Crippen LogP contribution in [-0.2, 0) is 16.8 Å². The number of nitrogens with zero attached hydrogens (tertiary/aromatic N) is 3. The Hall–Kier alpha value is -0.980. The number of hydrogen-bond donors (Lipinski definition) is 1. The summed E-state index contributed by atoms with van der Waals surface area (Å²) in [5, 5.41) is 3.93. The van der Waals surface area contributed by atoms with Crippen LogP contribution in [-0.4, -0.2) is 41.3 Å². The highest BCUT2D eigenvalue weighted by Crippen LogP contribution is 2.28. The molecule has 0 radical (unpaired) electrons. The minimum absolute atomic E-state index is 0.556. The van der Waals surface area contributed by atoms with Gasteiger partial charge in [-0.05, 0) is 26.7 Å². The fourth-order valence-electron chi connectivity index (χ4n) is 1.79. The molecule has 0 spiro atoms. The summed E-state index contributed by atoms with van der Waals surface area (Å²) in [5.74, 6) is 1.19. The monoisotopic (exact) mass is 254 g/mol. The van der Waals surface area contributed by atoms with Crippen molar-refractivity contribution in [2.75, 3.05) is 20.3 Å². The standard InChI is InChI=1S/C12H22N4O2/c1-12(2,13)11-14-10(18-15-11)8-16(6-7-17-3)9-4-5-9/h9H,4-8,13H2,1-3H3. The van der Waals surface area contributed by atoms with Crippen molar-refractivity contribution in [3.8, 4) is 0 Å². The van der Waals surface area contributed by atoms with E-state index < -0.39 is 5.54 Å². The lowest BCUT2D eigenvalue weighted by atomic mass is 10.1. The van der Waals surface area contributed by atoms with Crippen molar-refractivity contribution in [2.45, 2.75) is 44.8 Å². The molecule has 1 aromatic rings. The van der Waals surface area contributed by atoms with Gasteiger partial charge >= 0.3 is 0 Å². The van der Waals surface area contributed by atoms with Crippen LogP contribution in [0.15, 0.2) is 4.52 Å². The molecule has 0 aliphatic heterocycles. The molecule has 0 atom stereocenters. The van der Waals surface area contributed by atoms with E-state index in [1.807, 2.05) is 13.8 Å². The molecule has 0 amide bonds. The normalized spacial score (nSPS) is 16.5. The Morgan fingerprint density at radius 3 is 2.72 bits per heavy atom. The van der Waals surface area contributed by atoms with Crippen LogP contribution >= 0.6 is 0 Å². The first-order valence-electron chi connectivity index (χ1n) is 6.35. The van der Waals surface area contributed by atoms with Gasteiger partial charge in [0.05, 0.1) is 18.7 Å². The lowest BCUT2D eigenvalue weighted by molar-refractivity contribution is 0.131. The van der Waals surface area contributed by atoms with Gasteiger partial charge < -0.3 is 15.0 Å². The molecule has 18 heavy (non-hydrogen) atoms. The van der Waals surface area contributed by atoms with Crippen LogP contribution in [0, 0.1) is 0 Å². The maximum atomic E-state index is 5.93. The lowest BCUT2D eigenvalue weighted by Crippen LogP contribution is -2.31. The summed E-state index contributed by atoms with van der Waals surface area (Å²) < 4.78 is 10.4. The van der Waals surface area contributed by atoms with Crippen LogP contribution in [0.5, 0.6) is 0 Å². The second-order valence-corrected chi connectivity index (χ2v) is 5.43. The number of methoxy groups -OCH3 is 1. The average Bonchev–Trinajstić information content (AvgIpc) is 3.02. The third-order valence-corrected chi connectivity index (χ3v) is 3.03. The number of aromatic nitrogens is 2. The van der Waals surface area contributed by atoms with E-state index >= 15 is 0 Å². The largest absolute Gasteiger partial charge is 0.383 e. The summed E-state index contributed by atoms with van der Waals surface area (Å²) in [5.41, 5.74) is 5.38. The fourth-order valence-corrected chi connectivity index (χ4v) is 1.79. The molecular weight excluding hydrogens is 232 g/mol. The van der Waals surface area contributed by atoms with Crippen molar-refractivity contribution in [1.29, 1.82) is 0 Å². The average molecular weight is 254 g/mol. The Bertz CT molecular complexity index is 382. The lowest BCUT2D eigenvalue weighted by Gasteiger charge is -2.19. The zero-order chi connectivity index (χ0) is 13.2. The Kier molecular flexibility index (Phi) is 3.99. The van der Waals surface area contributed by atoms with Gasteiger partial charge in [0.25, 0.3) is 0 Å². The molecule has 1 fully saturated rings. The molecule has 2 N–H and O–H groups in total. The molecular formula is C12H22N4O2. The van der Waals surface area contributed by atoms with Crippen LogP contribution in [0.3, 0.4) is 0 Å². The summed E-state index contributed by atoms with van der Waals surface area (Å²) in [6, 6.07) is 0.640. The zero-order valence-electron chi connectivity index (χ0n) is 11.3. The van der Waals surface area contributed by atoms with Crippen molar-refractivity contribution in [2.24, 2.45) is 5.73 Å². The predicted molar refractivity (Wildman–Crippen MR) is 66.8 cm³/mol. The molecule has 1 heterocycles. The summed E-state index contributed by atoms with van der Waals surface area (Å²) in [4.78, 5) is 6.68. The van der Waals surface area contributed by atoms with Crippen LogP contribution in [0.2, 0.25) is 0 Å². The van der Waals surface area contributed by atoms with E-state index in [-0.39, 0.29) is 0 Å². The maximum absolute atomic E-state index is 5.93. The molecule has 1 aliphatic rings. The van der Waals surface area contributed by atoms with Gasteiger partial charge in [-0.2, -0.15) is 4.98 Å². The van der Waals surface area contributed by atoms with Crippen molar-refractivity contribution < 1.29 is 9.26 Å². The van der Waals surface area contributed by atoms with E-state index in [9.17, 15) is 0 Å². The van der Waals surface area contributed by atoms with Gasteiger partial charge in [0.2, 0.25) is 5.89 Å². The van der Waals surface area contributed by atoms with Crippen molar-refractivity contribution in [3.05, 3.63) is 11.7 Å². The Morgan fingerprint density at radius 2 is 2.22 bits per heavy atom. The first-order chi connectivity index (χ1) is 8.50. The van der Waals surface area contributed by atoms with Gasteiger partial charge in [-0.3, -0.25) is 4.90 Å². The summed E-state index contributed by atoms with van der Waals surface area (Å²) in [6.07, 6.45) is 2.49. The van der Waals surface area contributed by atoms with E-state index in [2.05, 4.69) is 15.0 Å². The van der Waals surface area contributed by atoms with Crippen molar-refractivity contribution in [1.82, 2.24) is 15.0 Å². The van der Waals surface area contributed by atoms with Gasteiger partial charge in [0, 0.05) is 19.7 Å². The van der Waals surface area contributed by atoms with Crippen LogP contribution < -0.4 is 5.73 Å². The second-order valence-electron chi connectivity index (χ2n) is 5.43. The molecule has 0 aromatic carbocycles. The van der Waals surface area contributed by atoms with Crippen molar-refractivity contribution in [3.63, 3.8) is 0 Å². The van der Waals surface area contributed by atoms with E-state index in [4.69, 9.17) is 15.0 Å². The molecule has 1 aromatic heterocycles. The van der Waals surface area contributed by atoms with Gasteiger partial charge in [-0.1, -0.05) is 5.16 Å². The number of nitrogens with two attached hydrogens (primary N) is 1. The van der Waals surface area contributed by atoms with Crippen molar-refractivity contribution >= 4 is 0 Å². The van der Waals surface area contributed by atoms with E-state index in [1.54, 1.807) is 7.11 Å². The Morgan fingerprint density at radius 1 is 1.50 bits per heavy atom. The summed E-state index contributed by atoms with van der Waals surface area (Å²) in [7, 11) is 1.72. The van der Waals surface area contributed by atoms with Crippen LogP contribution in [0.4, 0.5) is 0 Å². The van der Waals surface area contributed by atoms with E-state index in [1.165, 1.54) is 12.8 Å². The van der Waals surface area contributed by atoms with E-state index in [0.717, 1.165) is 13.2 Å². The van der Waals surface area contributed by atoms with Crippen LogP contribution in [0.1, 0.15) is 38.4 Å². The molecule has 2 rings (SSSR count). The van der Waals surface area contributed by atoms with Gasteiger partial charge in [-0.15, -0.1) is 0 Å². The Labute approximate surface area is 107 Å². The van der Waals surface area contributed by atoms with Gasteiger partial charge in [0.15, 0.2) is 5.82 Å². The first kappa shape index (κ1) is 13.5. The minimum atomic E-state index is -0.557. The minimum Gasteiger partial charge on any atom is -0.383 e. The fraction of sp³-hybridized carbons (Fsp3) is 0.833. The highest BCUT2D eigenvalue weighted by atomic mass is 16.5. The second kappa shape index (κ2) is 5.34. The molecule has 6 nitrogen and oxygen atoms in total. The first-order valence-corrected chi connectivity index (χ1v) is 6.35. The zero-order valence-corrected chi connectivity index (χ0v) is 11.3. The molecule has 0 unspecified atom stereocenters. The third-order valence-electron chi connectivity index (χ3n) is 3.03. The molecule has 6 heteroatoms. The summed E-state index contributed by atoms with van der Waals surface area (Å²) >= 11 is 0. The SMILES string of the molecule is COCCN(Cc1nc(C(C)(C)N)no1)C1CC1. The molecule has 1 saturated carbocycles. The third kappa shape index (κ3) is 3.51. The highest BCUT2D eigenvalue weighted by Gasteiger charge is 2.30. The highest BCUT2D eigenvalue weighted by molar-refractivity contribution is 4.99. The smallest absolute Gasteiger partial charge is 0.240 e. The molecule has 0 bridgehead atoms. The quantitative estimate of drug-likeness (QED) is 0.778. The number of ether oxygens (including phenoxy) is 1. The maximum Gasteiger partial charge on any atom is 0.240 e. The van der Waals surface area contributed by atoms with Gasteiger partial charge in [-0.25, -0.2) is 0 Å². The summed E-state index contributed by atoms with van der Waals surface area (Å²) in [6.45, 7) is 6.03. The number of rotatable bonds is 7. The molecule has 1 aliphatic carbocycles. The predicted octanol–water partition coefficient (Wildman–Crippen LogP) is 0.874.